The highest BCUT2D eigenvalue weighted by atomic mass is 16.5. The van der Waals surface area contributed by atoms with Crippen LogP contribution in [0.4, 0.5) is 17.1 Å². The molecule has 4 aromatic rings. The fourth-order valence-corrected chi connectivity index (χ4v) is 7.21. The van der Waals surface area contributed by atoms with E-state index in [1.54, 1.807) is 50.5 Å². The van der Waals surface area contributed by atoms with Gasteiger partial charge in [0.1, 0.15) is 5.75 Å². The lowest BCUT2D eigenvalue weighted by Crippen LogP contribution is -2.32. The van der Waals surface area contributed by atoms with Crippen LogP contribution in [0.5, 0.6) is 28.7 Å². The SMILES string of the molecule is COc1ccc(C2=CN3C(O)c4cc(OC)c(OCCCOc5cc6c(cc5OC)C(=O)N5C=C(c7ccc(N)cc7)CC5C=N6)cc4N=C[C@@H]3C2)cc1. The lowest BCUT2D eigenvalue weighted by Gasteiger charge is -2.27. The van der Waals surface area contributed by atoms with Crippen molar-refractivity contribution >= 4 is 46.5 Å². The third-order valence-electron chi connectivity index (χ3n) is 10.1. The van der Waals surface area contributed by atoms with E-state index in [1.807, 2.05) is 78.3 Å². The number of carbonyl (C=O) groups excluding carboxylic acids is 1. The predicted molar refractivity (Wildman–Crippen MR) is 207 cm³/mol. The van der Waals surface area contributed by atoms with Gasteiger partial charge in [0, 0.05) is 61.1 Å². The highest BCUT2D eigenvalue weighted by molar-refractivity contribution is 6.05. The molecule has 1 amide bonds. The van der Waals surface area contributed by atoms with Gasteiger partial charge in [0.05, 0.1) is 63.6 Å². The maximum atomic E-state index is 13.7. The van der Waals surface area contributed by atoms with Crippen LogP contribution in [0.2, 0.25) is 0 Å². The van der Waals surface area contributed by atoms with Crippen LogP contribution in [0.15, 0.2) is 95.2 Å². The zero-order valence-electron chi connectivity index (χ0n) is 30.3. The van der Waals surface area contributed by atoms with Gasteiger partial charge in [-0.1, -0.05) is 24.3 Å². The number of amides is 1. The molecule has 276 valence electrons. The lowest BCUT2D eigenvalue weighted by molar-refractivity contribution is 0.0336. The van der Waals surface area contributed by atoms with Crippen LogP contribution < -0.4 is 29.4 Å². The van der Waals surface area contributed by atoms with E-state index in [-0.39, 0.29) is 18.0 Å². The van der Waals surface area contributed by atoms with Crippen molar-refractivity contribution in [2.45, 2.75) is 37.6 Å². The molecule has 4 aliphatic heterocycles. The molecule has 12 heteroatoms. The molecule has 54 heavy (non-hydrogen) atoms. The molecule has 2 unspecified atom stereocenters. The molecule has 12 nitrogen and oxygen atoms in total. The van der Waals surface area contributed by atoms with Crippen molar-refractivity contribution in [3.63, 3.8) is 0 Å². The van der Waals surface area contributed by atoms with E-state index in [0.29, 0.717) is 83.7 Å². The molecule has 0 radical (unpaired) electrons. The number of nitrogens with zero attached hydrogens (tertiary/aromatic N) is 4. The number of aliphatic hydroxyl groups is 1. The Hall–Kier alpha value is -6.27. The van der Waals surface area contributed by atoms with Crippen molar-refractivity contribution in [2.75, 3.05) is 40.3 Å². The van der Waals surface area contributed by atoms with Crippen LogP contribution in [0.25, 0.3) is 11.1 Å². The molecular formula is C42H41N5O7. The number of hydrogen-bond acceptors (Lipinski definition) is 11. The molecule has 0 saturated heterocycles. The van der Waals surface area contributed by atoms with Crippen molar-refractivity contribution in [1.82, 2.24) is 9.80 Å². The van der Waals surface area contributed by atoms with Crippen LogP contribution in [0.1, 0.15) is 52.5 Å². The maximum Gasteiger partial charge on any atom is 0.260 e. The summed E-state index contributed by atoms with van der Waals surface area (Å²) in [5.41, 5.74) is 13.0. The van der Waals surface area contributed by atoms with Gasteiger partial charge in [0.15, 0.2) is 29.2 Å². The van der Waals surface area contributed by atoms with Crippen molar-refractivity contribution in [2.24, 2.45) is 9.98 Å². The topological polar surface area (TPSA) is 141 Å². The Kier molecular flexibility index (Phi) is 9.43. The molecule has 3 atom stereocenters. The molecule has 4 aromatic carbocycles. The zero-order chi connectivity index (χ0) is 37.3. The summed E-state index contributed by atoms with van der Waals surface area (Å²) in [5.74, 6) is 2.57. The Balaban J connectivity index is 0.908. The van der Waals surface area contributed by atoms with Crippen LogP contribution in [0, 0.1) is 0 Å². The molecule has 8 rings (SSSR count). The number of nitrogens with two attached hydrogens (primary N) is 1. The van der Waals surface area contributed by atoms with Crippen molar-refractivity contribution in [1.29, 1.82) is 0 Å². The Labute approximate surface area is 313 Å². The van der Waals surface area contributed by atoms with Crippen LogP contribution >= 0.6 is 0 Å². The summed E-state index contributed by atoms with van der Waals surface area (Å²) in [6.45, 7) is 0.645. The minimum atomic E-state index is -0.921. The van der Waals surface area contributed by atoms with Crippen LogP contribution in [-0.4, -0.2) is 79.9 Å². The van der Waals surface area contributed by atoms with Gasteiger partial charge in [-0.05, 0) is 65.1 Å². The first kappa shape index (κ1) is 34.8. The van der Waals surface area contributed by atoms with Gasteiger partial charge in [-0.2, -0.15) is 0 Å². The number of benzene rings is 4. The highest BCUT2D eigenvalue weighted by Crippen LogP contribution is 2.44. The number of hydrogen-bond donors (Lipinski definition) is 2. The Bertz CT molecular complexity index is 2200. The summed E-state index contributed by atoms with van der Waals surface area (Å²) in [7, 11) is 4.76. The van der Waals surface area contributed by atoms with E-state index in [2.05, 4.69) is 0 Å². The first-order valence-corrected chi connectivity index (χ1v) is 17.8. The van der Waals surface area contributed by atoms with Crippen molar-refractivity contribution in [3.05, 3.63) is 107 Å². The molecule has 0 bridgehead atoms. The van der Waals surface area contributed by atoms with Crippen molar-refractivity contribution in [3.8, 4) is 28.7 Å². The van der Waals surface area contributed by atoms with Gasteiger partial charge in [-0.15, -0.1) is 0 Å². The number of carbonyl (C=O) groups is 1. The molecular weight excluding hydrogens is 686 g/mol. The van der Waals surface area contributed by atoms with Gasteiger partial charge in [0.25, 0.3) is 5.91 Å². The predicted octanol–water partition coefficient (Wildman–Crippen LogP) is 6.94. The van der Waals surface area contributed by atoms with Gasteiger partial charge in [0.2, 0.25) is 0 Å². The Morgan fingerprint density at radius 1 is 0.722 bits per heavy atom. The van der Waals surface area contributed by atoms with E-state index in [1.165, 1.54) is 0 Å². The van der Waals surface area contributed by atoms with E-state index >= 15 is 0 Å². The number of aliphatic imine (C=N–C) groups is 2. The van der Waals surface area contributed by atoms with Gasteiger partial charge in [-0.25, -0.2) is 0 Å². The average molecular weight is 728 g/mol. The number of aliphatic hydroxyl groups excluding tert-OH is 1. The molecule has 0 fully saturated rings. The number of nitrogen functional groups attached to an aromatic ring is 1. The van der Waals surface area contributed by atoms with Crippen LogP contribution in [0.3, 0.4) is 0 Å². The number of rotatable bonds is 11. The van der Waals surface area contributed by atoms with E-state index in [9.17, 15) is 9.90 Å². The number of ether oxygens (including phenoxy) is 5. The summed E-state index contributed by atoms with van der Waals surface area (Å²) < 4.78 is 28.9. The van der Waals surface area contributed by atoms with Gasteiger partial charge < -0.3 is 44.3 Å². The molecule has 3 N–H and O–H groups in total. The third-order valence-corrected chi connectivity index (χ3v) is 10.1. The second kappa shape index (κ2) is 14.6. The standard InChI is InChI=1S/C42H41N5O7/c1-50-32-11-7-26(8-12-32)28-16-31-22-45-36-20-40(38(52-3)18-34(36)42(49)47(31)24-28)54-14-4-13-53-39-19-35-33(17-37(39)51-2)41(48)46-23-27(15-30(46)21-44-35)25-5-9-29(43)10-6-25/h5-12,17-24,30-31,42,49H,4,13-16,43H2,1-3H3/t30?,31-,42?/m0/s1. The molecule has 0 aromatic heterocycles. The quantitative estimate of drug-likeness (QED) is 0.124. The maximum absolute atomic E-state index is 13.7. The average Bonchev–Trinajstić information content (AvgIpc) is 3.78. The first-order chi connectivity index (χ1) is 26.3. The number of methoxy groups -OCH3 is 3. The van der Waals surface area contributed by atoms with Crippen molar-refractivity contribution < 1.29 is 33.6 Å². The lowest BCUT2D eigenvalue weighted by atomic mass is 10.0. The minimum Gasteiger partial charge on any atom is -0.497 e. The van der Waals surface area contributed by atoms with Crippen LogP contribution in [-0.2, 0) is 0 Å². The number of anilines is 1. The summed E-state index contributed by atoms with van der Waals surface area (Å²) >= 11 is 0. The van der Waals surface area contributed by atoms with E-state index in [4.69, 9.17) is 39.4 Å². The second-order valence-corrected chi connectivity index (χ2v) is 13.4. The fraction of sp³-hybridized carbons (Fsp3) is 0.262. The molecule has 0 saturated carbocycles. The third kappa shape index (κ3) is 6.60. The summed E-state index contributed by atoms with van der Waals surface area (Å²) in [6.07, 6.45) is 8.55. The molecule has 4 heterocycles. The Morgan fingerprint density at radius 3 is 2.00 bits per heavy atom. The molecule has 0 aliphatic carbocycles. The monoisotopic (exact) mass is 727 g/mol. The summed E-state index contributed by atoms with van der Waals surface area (Å²) in [6, 6.07) is 22.3. The fourth-order valence-electron chi connectivity index (χ4n) is 7.21. The van der Waals surface area contributed by atoms with Gasteiger partial charge >= 0.3 is 0 Å². The van der Waals surface area contributed by atoms with E-state index in [0.717, 1.165) is 28.0 Å². The second-order valence-electron chi connectivity index (χ2n) is 13.4. The number of fused-ring (bicyclic) bond motifs is 4. The smallest absolute Gasteiger partial charge is 0.260 e. The Morgan fingerprint density at radius 2 is 1.31 bits per heavy atom. The highest BCUT2D eigenvalue weighted by Gasteiger charge is 2.35. The largest absolute Gasteiger partial charge is 0.497 e. The summed E-state index contributed by atoms with van der Waals surface area (Å²) in [4.78, 5) is 26.8. The normalized spacial score (nSPS) is 19.5. The van der Waals surface area contributed by atoms with Gasteiger partial charge in [-0.3, -0.25) is 14.8 Å². The molecule has 0 spiro atoms. The minimum absolute atomic E-state index is 0.104. The summed E-state index contributed by atoms with van der Waals surface area (Å²) in [5, 5.41) is 11.5. The molecule has 4 aliphatic rings. The van der Waals surface area contributed by atoms with E-state index < -0.39 is 6.23 Å². The zero-order valence-corrected chi connectivity index (χ0v) is 30.3. The first-order valence-electron chi connectivity index (χ1n) is 17.8.